The Morgan fingerprint density at radius 1 is 1.10 bits per heavy atom. The van der Waals surface area contributed by atoms with Gasteiger partial charge in [0.1, 0.15) is 5.75 Å². The third-order valence-electron chi connectivity index (χ3n) is 5.46. The number of halogens is 4. The van der Waals surface area contributed by atoms with Gasteiger partial charge < -0.3 is 15.0 Å². The summed E-state index contributed by atoms with van der Waals surface area (Å²) in [6.45, 7) is -0.0127. The quantitative estimate of drug-likeness (QED) is 0.475. The minimum Gasteiger partial charge on any atom is -0.487 e. The monoisotopic (exact) mass is 406 g/mol. The molecule has 4 rings (SSSR count). The van der Waals surface area contributed by atoms with E-state index in [0.29, 0.717) is 6.54 Å². The second-order valence-electron chi connectivity index (χ2n) is 7.63. The van der Waals surface area contributed by atoms with E-state index in [4.69, 9.17) is 4.74 Å². The highest BCUT2D eigenvalue weighted by Gasteiger charge is 2.45. The van der Waals surface area contributed by atoms with Crippen molar-refractivity contribution in [3.8, 4) is 5.75 Å². The molecule has 0 saturated heterocycles. The van der Waals surface area contributed by atoms with Crippen molar-refractivity contribution in [1.29, 1.82) is 0 Å². The molecule has 0 unspecified atom stereocenters. The standard InChI is InChI=1S/C22H22F4N2O/c23-20(24)22(25,26)14-29-16-5-3-4-15(10-16)11-27-13-21(8-9-21)18-12-28-19-7-2-1-6-17(18)19/h1-7,10,12,20,27-28H,8-9,11,13-14H2. The number of ether oxygens (including phenoxy) is 1. The Balaban J connectivity index is 1.35. The topological polar surface area (TPSA) is 37.0 Å². The zero-order chi connectivity index (χ0) is 20.5. The Morgan fingerprint density at radius 2 is 1.90 bits per heavy atom. The van der Waals surface area contributed by atoms with Gasteiger partial charge in [-0.05, 0) is 42.2 Å². The van der Waals surface area contributed by atoms with Crippen LogP contribution in [-0.4, -0.2) is 30.5 Å². The minimum absolute atomic E-state index is 0.104. The van der Waals surface area contributed by atoms with Crippen LogP contribution in [0.2, 0.25) is 0 Å². The number of rotatable bonds is 9. The van der Waals surface area contributed by atoms with Crippen LogP contribution >= 0.6 is 0 Å². The molecule has 1 fully saturated rings. The lowest BCUT2D eigenvalue weighted by Gasteiger charge is -2.17. The molecule has 1 aliphatic carbocycles. The second-order valence-corrected chi connectivity index (χ2v) is 7.63. The molecule has 0 bridgehead atoms. The van der Waals surface area contributed by atoms with Crippen LogP contribution in [0.25, 0.3) is 10.9 Å². The molecule has 2 N–H and O–H groups in total. The van der Waals surface area contributed by atoms with Gasteiger partial charge in [0.15, 0.2) is 6.61 Å². The molecule has 3 aromatic rings. The Kier molecular flexibility index (Phi) is 5.25. The van der Waals surface area contributed by atoms with Crippen molar-refractivity contribution >= 4 is 10.9 Å². The van der Waals surface area contributed by atoms with Gasteiger partial charge in [-0.25, -0.2) is 8.78 Å². The summed E-state index contributed by atoms with van der Waals surface area (Å²) in [5, 5.41) is 4.68. The zero-order valence-corrected chi connectivity index (χ0v) is 15.7. The number of H-pyrrole nitrogens is 1. The van der Waals surface area contributed by atoms with E-state index in [1.807, 2.05) is 18.2 Å². The first kappa shape index (κ1) is 19.8. The highest BCUT2D eigenvalue weighted by Crippen LogP contribution is 2.49. The SMILES string of the molecule is FC(F)C(F)(F)COc1cccc(CNCC2(c3c[nH]c4ccccc34)CC2)c1. The van der Waals surface area contributed by atoms with Crippen molar-refractivity contribution in [3.63, 3.8) is 0 Å². The van der Waals surface area contributed by atoms with Crippen molar-refractivity contribution in [2.24, 2.45) is 0 Å². The van der Waals surface area contributed by atoms with E-state index < -0.39 is 19.0 Å². The Morgan fingerprint density at radius 3 is 2.66 bits per heavy atom. The summed E-state index contributed by atoms with van der Waals surface area (Å²) in [6, 6.07) is 14.8. The molecule has 2 aromatic carbocycles. The van der Waals surface area contributed by atoms with Crippen molar-refractivity contribution in [2.45, 2.75) is 37.1 Å². The molecular weight excluding hydrogens is 384 g/mol. The van der Waals surface area contributed by atoms with Gasteiger partial charge in [-0.2, -0.15) is 8.78 Å². The molecule has 1 aliphatic rings. The van der Waals surface area contributed by atoms with Crippen LogP contribution in [0.3, 0.4) is 0 Å². The van der Waals surface area contributed by atoms with Gasteiger partial charge >= 0.3 is 12.3 Å². The Bertz CT molecular complexity index is 982. The Hall–Kier alpha value is -2.54. The number of fused-ring (bicyclic) bond motifs is 1. The largest absolute Gasteiger partial charge is 0.487 e. The molecule has 0 radical (unpaired) electrons. The highest BCUT2D eigenvalue weighted by molar-refractivity contribution is 5.84. The highest BCUT2D eigenvalue weighted by atomic mass is 19.3. The number of aromatic amines is 1. The average molecular weight is 406 g/mol. The van der Waals surface area contributed by atoms with Crippen LogP contribution < -0.4 is 10.1 Å². The molecule has 1 saturated carbocycles. The van der Waals surface area contributed by atoms with Gasteiger partial charge in [0, 0.05) is 35.6 Å². The fraction of sp³-hybridized carbons (Fsp3) is 0.364. The summed E-state index contributed by atoms with van der Waals surface area (Å²) >= 11 is 0. The average Bonchev–Trinajstić information content (AvgIpc) is 3.36. The normalized spacial score (nSPS) is 15.8. The molecule has 0 atom stereocenters. The maximum Gasteiger partial charge on any atom is 0.340 e. The van der Waals surface area contributed by atoms with Crippen LogP contribution in [0.4, 0.5) is 17.6 Å². The smallest absolute Gasteiger partial charge is 0.340 e. The third-order valence-corrected chi connectivity index (χ3v) is 5.46. The molecular formula is C22H22F4N2O. The summed E-state index contributed by atoms with van der Waals surface area (Å²) in [5.41, 5.74) is 3.39. The van der Waals surface area contributed by atoms with E-state index in [2.05, 4.69) is 28.6 Å². The van der Waals surface area contributed by atoms with Crippen LogP contribution in [0.1, 0.15) is 24.0 Å². The van der Waals surface area contributed by atoms with E-state index in [9.17, 15) is 17.6 Å². The number of para-hydroxylation sites is 1. The van der Waals surface area contributed by atoms with Gasteiger partial charge in [-0.3, -0.25) is 0 Å². The van der Waals surface area contributed by atoms with E-state index in [1.165, 1.54) is 17.0 Å². The second kappa shape index (κ2) is 7.71. The van der Waals surface area contributed by atoms with Gasteiger partial charge in [-0.1, -0.05) is 30.3 Å². The fourth-order valence-corrected chi connectivity index (χ4v) is 3.64. The maximum atomic E-state index is 13.0. The number of benzene rings is 2. The Labute approximate surface area is 166 Å². The van der Waals surface area contributed by atoms with E-state index in [-0.39, 0.29) is 11.2 Å². The van der Waals surface area contributed by atoms with Gasteiger partial charge in [0.25, 0.3) is 0 Å². The van der Waals surface area contributed by atoms with E-state index in [1.54, 1.807) is 12.1 Å². The number of alkyl halides is 4. The number of hydrogen-bond acceptors (Lipinski definition) is 2. The third kappa shape index (κ3) is 4.24. The molecule has 0 spiro atoms. The van der Waals surface area contributed by atoms with Crippen LogP contribution in [-0.2, 0) is 12.0 Å². The fourth-order valence-electron chi connectivity index (χ4n) is 3.64. The first-order chi connectivity index (χ1) is 13.9. The van der Waals surface area contributed by atoms with E-state index in [0.717, 1.165) is 30.5 Å². The summed E-state index contributed by atoms with van der Waals surface area (Å²) in [4.78, 5) is 3.32. The molecule has 0 amide bonds. The number of aromatic nitrogens is 1. The van der Waals surface area contributed by atoms with E-state index >= 15 is 0 Å². The summed E-state index contributed by atoms with van der Waals surface area (Å²) in [5.74, 6) is -4.01. The molecule has 3 nitrogen and oxygen atoms in total. The minimum atomic E-state index is -4.16. The molecule has 0 aliphatic heterocycles. The first-order valence-electron chi connectivity index (χ1n) is 9.55. The molecule has 29 heavy (non-hydrogen) atoms. The van der Waals surface area contributed by atoms with Crippen molar-refractivity contribution in [3.05, 3.63) is 65.9 Å². The molecule has 154 valence electrons. The van der Waals surface area contributed by atoms with Crippen LogP contribution in [0.5, 0.6) is 5.75 Å². The first-order valence-corrected chi connectivity index (χ1v) is 9.55. The van der Waals surface area contributed by atoms with Gasteiger partial charge in [-0.15, -0.1) is 0 Å². The molecule has 1 aromatic heterocycles. The molecule has 1 heterocycles. The van der Waals surface area contributed by atoms with Crippen LogP contribution in [0, 0.1) is 0 Å². The summed E-state index contributed by atoms with van der Waals surface area (Å²) < 4.78 is 55.4. The van der Waals surface area contributed by atoms with Crippen molar-refractivity contribution in [1.82, 2.24) is 10.3 Å². The zero-order valence-electron chi connectivity index (χ0n) is 15.7. The van der Waals surface area contributed by atoms with Gasteiger partial charge in [0.2, 0.25) is 0 Å². The predicted molar refractivity (Wildman–Crippen MR) is 104 cm³/mol. The predicted octanol–water partition coefficient (Wildman–Crippen LogP) is 5.27. The van der Waals surface area contributed by atoms with Crippen molar-refractivity contribution < 1.29 is 22.3 Å². The molecule has 7 heteroatoms. The van der Waals surface area contributed by atoms with Gasteiger partial charge in [0.05, 0.1) is 0 Å². The maximum absolute atomic E-state index is 13.0. The van der Waals surface area contributed by atoms with Crippen LogP contribution in [0.15, 0.2) is 54.7 Å². The number of nitrogens with one attached hydrogen (secondary N) is 2. The summed E-state index contributed by atoms with van der Waals surface area (Å²) in [7, 11) is 0. The lowest BCUT2D eigenvalue weighted by Crippen LogP contribution is -2.33. The lowest BCUT2D eigenvalue weighted by atomic mass is 9.95. The van der Waals surface area contributed by atoms with Crippen molar-refractivity contribution in [2.75, 3.05) is 13.2 Å². The lowest BCUT2D eigenvalue weighted by molar-refractivity contribution is -0.148. The summed E-state index contributed by atoms with van der Waals surface area (Å²) in [6.07, 6.45) is 0.546. The number of hydrogen-bond donors (Lipinski definition) is 2.